The van der Waals surface area contributed by atoms with Crippen molar-refractivity contribution in [1.82, 2.24) is 15.0 Å². The maximum Gasteiger partial charge on any atom is 3.00 e. The molecule has 0 saturated heterocycles. The van der Waals surface area contributed by atoms with Crippen LogP contribution in [0.5, 0.6) is 0 Å². The predicted molar refractivity (Wildman–Crippen MR) is 193 cm³/mol. The molecule has 0 amide bonds. The summed E-state index contributed by atoms with van der Waals surface area (Å²) in [7, 11) is 0. The topological polar surface area (TPSA) is 74.9 Å². The Kier molecular flexibility index (Phi) is 8.19. The van der Waals surface area contributed by atoms with Crippen LogP contribution in [0.25, 0.3) is 16.7 Å². The molecule has 8 bridgehead atoms. The van der Waals surface area contributed by atoms with Crippen LogP contribution in [0, 0.1) is 0 Å². The number of aliphatic hydroxyl groups is 1. The monoisotopic (exact) mass is 826 g/mol. The number of hydrogen-bond acceptors (Lipinski definition) is 2. The van der Waals surface area contributed by atoms with Crippen molar-refractivity contribution in [2.24, 2.45) is 4.99 Å². The van der Waals surface area contributed by atoms with E-state index in [0.717, 1.165) is 55.5 Å². The van der Waals surface area contributed by atoms with Gasteiger partial charge < -0.3 is 20.1 Å². The van der Waals surface area contributed by atoms with Crippen LogP contribution >= 0.6 is 0 Å². The molecule has 0 saturated carbocycles. The van der Waals surface area contributed by atoms with E-state index in [-0.39, 0.29) is 22.4 Å². The zero-order chi connectivity index (χ0) is 32.8. The van der Waals surface area contributed by atoms with E-state index in [0.29, 0.717) is 28.4 Å². The van der Waals surface area contributed by atoms with Crippen molar-refractivity contribution in [1.29, 1.82) is 0 Å². The molecule has 4 aromatic carbocycles. The molecule has 0 aliphatic carbocycles. The number of aliphatic imine (C=N–C) groups is 1. The molecule has 1 N–H and O–H groups in total. The van der Waals surface area contributed by atoms with Gasteiger partial charge >= 0.3 is 22.4 Å². The fraction of sp³-hybridized carbons (Fsp3) is 0.0227. The van der Waals surface area contributed by atoms with E-state index < -0.39 is 5.60 Å². The Morgan fingerprint density at radius 2 is 0.900 bits per heavy atom. The summed E-state index contributed by atoms with van der Waals surface area (Å²) in [5.41, 5.74) is 8.72. The van der Waals surface area contributed by atoms with E-state index in [4.69, 9.17) is 19.9 Å². The largest absolute Gasteiger partial charge is 3.00 e. The Morgan fingerprint density at radius 1 is 0.440 bits per heavy atom. The number of benzene rings is 4. The molecule has 0 radical (unpaired) electrons. The smallest absolute Gasteiger partial charge is 0.658 e. The van der Waals surface area contributed by atoms with Gasteiger partial charge in [-0.25, -0.2) is 4.99 Å². The van der Waals surface area contributed by atoms with Crippen molar-refractivity contribution in [3.8, 4) is 0 Å². The first-order chi connectivity index (χ1) is 24.2. The fourth-order valence-electron chi connectivity index (χ4n) is 6.89. The van der Waals surface area contributed by atoms with Crippen molar-refractivity contribution in [2.75, 3.05) is 0 Å². The predicted octanol–water partition coefficient (Wildman–Crippen LogP) is 6.07. The van der Waals surface area contributed by atoms with Gasteiger partial charge in [-0.1, -0.05) is 158 Å². The summed E-state index contributed by atoms with van der Waals surface area (Å²) in [5, 5.41) is 14.5. The average molecular weight is 827 g/mol. The number of nitrogens with zero attached hydrogens (tertiary/aromatic N) is 4. The third-order valence-corrected chi connectivity index (χ3v) is 9.22. The number of aromatic nitrogens is 3. The van der Waals surface area contributed by atoms with E-state index >= 15 is 0 Å². The molecule has 50 heavy (non-hydrogen) atoms. The molecule has 2 aliphatic heterocycles. The summed E-state index contributed by atoms with van der Waals surface area (Å²) >= 11 is 0. The van der Waals surface area contributed by atoms with Crippen LogP contribution in [-0.2, 0) is 28.0 Å². The summed E-state index contributed by atoms with van der Waals surface area (Å²) in [6.07, 6.45) is 3.87. The molecule has 1 unspecified atom stereocenters. The molecule has 1 atom stereocenters. The van der Waals surface area contributed by atoms with E-state index in [2.05, 4.69) is 48.5 Å². The Labute approximate surface area is 305 Å². The van der Waals surface area contributed by atoms with E-state index in [1.54, 1.807) is 0 Å². The molecule has 7 aromatic rings. The Morgan fingerprint density at radius 3 is 1.46 bits per heavy atom. The third-order valence-electron chi connectivity index (χ3n) is 9.22. The van der Waals surface area contributed by atoms with E-state index in [1.165, 1.54) is 0 Å². The Balaban J connectivity index is 0.00000361. The van der Waals surface area contributed by atoms with Crippen molar-refractivity contribution < 1.29 is 27.5 Å². The van der Waals surface area contributed by atoms with Gasteiger partial charge in [0.15, 0.2) is 0 Å². The first-order valence-electron chi connectivity index (χ1n) is 16.3. The number of allylic oxidation sites excluding steroid dienone is 1. The SMILES string of the molecule is OC1(c2ccccc2)C2=N/C(=C(/c3ccccc3)c3ccc([n-]3)/C(c3ccccc3)=c3/cc/c([n-]3)=C(\c3ccccc3)c3ccc1[n-]3)C=C2.[Au+3]. The van der Waals surface area contributed by atoms with Gasteiger partial charge in [-0.05, 0) is 51.1 Å². The van der Waals surface area contributed by atoms with Crippen LogP contribution in [-0.4, -0.2) is 10.8 Å². The van der Waals surface area contributed by atoms with Crippen LogP contribution in [0.3, 0.4) is 0 Å². The number of rotatable bonds is 4. The molecule has 242 valence electrons. The van der Waals surface area contributed by atoms with Crippen molar-refractivity contribution in [3.63, 3.8) is 0 Å². The standard InChI is InChI=1S/C44H29N4O.Au/c49-44(32-19-11-4-12-20-32)39-27-25-37(47-39)42(30-15-7-2-8-16-30)35-23-21-33(45-35)41(29-13-5-1-6-14-29)34-22-24-36(46-34)43(31-17-9-3-10-18-31)38-26-28-40(44)48-38;/h1-28,49H;/q-3;+3/b41-33-,42-35-,43-38-;. The number of hydrogen-bond donors (Lipinski definition) is 1. The third kappa shape index (κ3) is 5.34. The average Bonchev–Trinajstić information content (AvgIpc) is 4.00. The second-order valence-corrected chi connectivity index (χ2v) is 12.2. The first-order valence-corrected chi connectivity index (χ1v) is 16.3. The van der Waals surface area contributed by atoms with Gasteiger partial charge in [0.25, 0.3) is 0 Å². The van der Waals surface area contributed by atoms with Crippen LogP contribution in [0.15, 0.2) is 181 Å². The molecule has 0 spiro atoms. The molecular weight excluding hydrogens is 797 g/mol. The normalized spacial score (nSPS) is 20.3. The van der Waals surface area contributed by atoms with Gasteiger partial charge in [-0.3, -0.25) is 0 Å². The molecule has 5 nitrogen and oxygen atoms in total. The zero-order valence-corrected chi connectivity index (χ0v) is 28.9. The maximum atomic E-state index is 12.9. The summed E-state index contributed by atoms with van der Waals surface area (Å²) in [5.74, 6) is 0. The second-order valence-electron chi connectivity index (χ2n) is 12.2. The molecule has 0 fully saturated rings. The van der Waals surface area contributed by atoms with Gasteiger partial charge in [-0.15, -0.1) is 33.5 Å². The first kappa shape index (κ1) is 31.6. The Bertz CT molecular complexity index is 2540. The van der Waals surface area contributed by atoms with Crippen LogP contribution in [0.1, 0.15) is 45.0 Å². The minimum Gasteiger partial charge on any atom is -0.658 e. The summed E-state index contributed by atoms with van der Waals surface area (Å²) < 4.78 is 0. The molecule has 5 heterocycles. The van der Waals surface area contributed by atoms with E-state index in [1.807, 2.05) is 121 Å². The van der Waals surface area contributed by atoms with Gasteiger partial charge in [0.1, 0.15) is 5.60 Å². The van der Waals surface area contributed by atoms with Gasteiger partial charge in [0, 0.05) is 0 Å². The van der Waals surface area contributed by atoms with Crippen LogP contribution in [0.4, 0.5) is 0 Å². The van der Waals surface area contributed by atoms with E-state index in [9.17, 15) is 5.11 Å². The second kappa shape index (κ2) is 13.0. The van der Waals surface area contributed by atoms with Gasteiger partial charge in [0.05, 0.1) is 11.4 Å². The van der Waals surface area contributed by atoms with Crippen molar-refractivity contribution in [2.45, 2.75) is 5.60 Å². The van der Waals surface area contributed by atoms with Gasteiger partial charge in [-0.2, -0.15) is 0 Å². The molecular formula is C44H29AuN4O. The number of fused-ring (bicyclic) bond motifs is 7. The summed E-state index contributed by atoms with van der Waals surface area (Å²) in [6, 6.07) is 52.3. The Hall–Kier alpha value is -5.69. The quantitative estimate of drug-likeness (QED) is 0.219. The van der Waals surface area contributed by atoms with Crippen LogP contribution in [0.2, 0.25) is 0 Å². The molecule has 6 heteroatoms. The molecule has 3 aromatic heterocycles. The molecule has 9 rings (SSSR count). The summed E-state index contributed by atoms with van der Waals surface area (Å²) in [4.78, 5) is 20.9. The zero-order valence-electron chi connectivity index (χ0n) is 26.7. The minimum atomic E-state index is -1.62. The van der Waals surface area contributed by atoms with Crippen molar-refractivity contribution >= 4 is 22.4 Å². The minimum absolute atomic E-state index is 0. The summed E-state index contributed by atoms with van der Waals surface area (Å²) in [6.45, 7) is 0. The van der Waals surface area contributed by atoms with Crippen molar-refractivity contribution in [3.05, 3.63) is 231 Å². The fourth-order valence-corrected chi connectivity index (χ4v) is 6.89. The van der Waals surface area contributed by atoms with Gasteiger partial charge in [0.2, 0.25) is 0 Å². The molecule has 2 aliphatic rings. The maximum absolute atomic E-state index is 12.9. The van der Waals surface area contributed by atoms with Crippen LogP contribution < -0.4 is 25.7 Å².